The summed E-state index contributed by atoms with van der Waals surface area (Å²) in [5.74, 6) is -1.34. The lowest BCUT2D eigenvalue weighted by Gasteiger charge is -2.14. The Labute approximate surface area is 141 Å². The Bertz CT molecular complexity index is 628. The number of nitrogens with one attached hydrogen (secondary N) is 2. The first-order valence-electron chi connectivity index (χ1n) is 6.46. The van der Waals surface area contributed by atoms with E-state index in [0.717, 1.165) is 9.75 Å². The first-order chi connectivity index (χ1) is 10.6. The van der Waals surface area contributed by atoms with Gasteiger partial charge in [-0.2, -0.15) is 0 Å². The minimum absolute atomic E-state index is 0.207. The predicted molar refractivity (Wildman–Crippen MR) is 88.3 cm³/mol. The Balaban J connectivity index is 1.79. The molecule has 0 aliphatic heterocycles. The van der Waals surface area contributed by atoms with Crippen molar-refractivity contribution in [1.29, 1.82) is 0 Å². The number of carbonyl (C=O) groups is 2. The maximum Gasteiger partial charge on any atom is 0.309 e. The molecule has 2 aromatic rings. The van der Waals surface area contributed by atoms with Gasteiger partial charge in [0.1, 0.15) is 6.10 Å². The van der Waals surface area contributed by atoms with Crippen LogP contribution in [-0.2, 0) is 20.9 Å². The van der Waals surface area contributed by atoms with E-state index < -0.39 is 11.8 Å². The van der Waals surface area contributed by atoms with E-state index in [1.54, 1.807) is 13.2 Å². The molecule has 22 heavy (non-hydrogen) atoms. The van der Waals surface area contributed by atoms with E-state index in [2.05, 4.69) is 10.6 Å². The highest BCUT2D eigenvalue weighted by Gasteiger charge is 2.18. The zero-order valence-electron chi connectivity index (χ0n) is 11.8. The SMILES string of the molecule is CO[C@@H](CNC(=O)C(=O)NCc1cccs1)c1ccc(Cl)s1. The fourth-order valence-corrected chi connectivity index (χ4v) is 3.51. The van der Waals surface area contributed by atoms with Crippen molar-refractivity contribution in [2.24, 2.45) is 0 Å². The fraction of sp³-hybridized carbons (Fsp3) is 0.286. The van der Waals surface area contributed by atoms with E-state index in [1.165, 1.54) is 22.7 Å². The number of hydrogen-bond acceptors (Lipinski definition) is 5. The Hall–Kier alpha value is -1.41. The Morgan fingerprint density at radius 3 is 2.64 bits per heavy atom. The third kappa shape index (κ3) is 4.81. The number of rotatable bonds is 6. The molecular formula is C14H15ClN2O3S2. The highest BCUT2D eigenvalue weighted by Crippen LogP contribution is 2.28. The van der Waals surface area contributed by atoms with Crippen molar-refractivity contribution in [1.82, 2.24) is 10.6 Å². The van der Waals surface area contributed by atoms with Gasteiger partial charge < -0.3 is 15.4 Å². The van der Waals surface area contributed by atoms with Crippen LogP contribution in [0, 0.1) is 0 Å². The normalized spacial score (nSPS) is 11.9. The van der Waals surface area contributed by atoms with Crippen molar-refractivity contribution in [3.8, 4) is 0 Å². The highest BCUT2D eigenvalue weighted by molar-refractivity contribution is 7.16. The van der Waals surface area contributed by atoms with E-state index in [9.17, 15) is 9.59 Å². The average molecular weight is 359 g/mol. The summed E-state index contributed by atoms with van der Waals surface area (Å²) in [4.78, 5) is 25.3. The molecule has 0 spiro atoms. The molecule has 5 nitrogen and oxygen atoms in total. The van der Waals surface area contributed by atoms with Crippen molar-refractivity contribution in [3.63, 3.8) is 0 Å². The Morgan fingerprint density at radius 1 is 1.27 bits per heavy atom. The Morgan fingerprint density at radius 2 is 2.05 bits per heavy atom. The van der Waals surface area contributed by atoms with Crippen LogP contribution in [0.15, 0.2) is 29.6 Å². The van der Waals surface area contributed by atoms with Crippen molar-refractivity contribution in [3.05, 3.63) is 43.7 Å². The first-order valence-corrected chi connectivity index (χ1v) is 8.54. The molecule has 2 heterocycles. The maximum absolute atomic E-state index is 11.8. The van der Waals surface area contributed by atoms with Gasteiger partial charge in [0.05, 0.1) is 10.9 Å². The Kier molecular flexibility index (Phi) is 6.38. The second kappa shape index (κ2) is 8.28. The van der Waals surface area contributed by atoms with Gasteiger partial charge in [-0.05, 0) is 23.6 Å². The molecule has 2 N–H and O–H groups in total. The molecule has 118 valence electrons. The zero-order valence-corrected chi connectivity index (χ0v) is 14.2. The molecule has 2 rings (SSSR count). The summed E-state index contributed by atoms with van der Waals surface area (Å²) in [6.07, 6.45) is -0.327. The molecule has 0 aromatic carbocycles. The molecule has 0 aliphatic rings. The molecule has 0 unspecified atom stereocenters. The number of amides is 2. The monoisotopic (exact) mass is 358 g/mol. The summed E-state index contributed by atoms with van der Waals surface area (Å²) in [6, 6.07) is 7.39. The van der Waals surface area contributed by atoms with Crippen molar-refractivity contribution < 1.29 is 14.3 Å². The van der Waals surface area contributed by atoms with Crippen molar-refractivity contribution in [2.75, 3.05) is 13.7 Å². The quantitative estimate of drug-likeness (QED) is 0.780. The zero-order chi connectivity index (χ0) is 15.9. The topological polar surface area (TPSA) is 67.4 Å². The van der Waals surface area contributed by atoms with Gasteiger partial charge in [-0.25, -0.2) is 0 Å². The molecule has 0 saturated heterocycles. The lowest BCUT2D eigenvalue weighted by atomic mass is 10.3. The first kappa shape index (κ1) is 17.0. The smallest absolute Gasteiger partial charge is 0.309 e. The summed E-state index contributed by atoms with van der Waals surface area (Å²) >= 11 is 8.78. The van der Waals surface area contributed by atoms with Crippen LogP contribution in [0.2, 0.25) is 4.34 Å². The summed E-state index contributed by atoms with van der Waals surface area (Å²) in [7, 11) is 1.54. The van der Waals surface area contributed by atoms with Crippen LogP contribution in [-0.4, -0.2) is 25.5 Å². The second-order valence-electron chi connectivity index (χ2n) is 4.34. The number of methoxy groups -OCH3 is 1. The molecule has 0 fully saturated rings. The van der Waals surface area contributed by atoms with E-state index in [-0.39, 0.29) is 12.6 Å². The number of carbonyl (C=O) groups excluding carboxylic acids is 2. The molecule has 0 saturated carbocycles. The van der Waals surface area contributed by atoms with Gasteiger partial charge >= 0.3 is 11.8 Å². The van der Waals surface area contributed by atoms with E-state index in [0.29, 0.717) is 10.9 Å². The number of ether oxygens (including phenoxy) is 1. The standard InChI is InChI=1S/C14H15ClN2O3S2/c1-20-10(11-4-5-12(15)22-11)8-17-14(19)13(18)16-7-9-3-2-6-21-9/h2-6,10H,7-8H2,1H3,(H,16,18)(H,17,19)/t10-/m0/s1. The molecule has 0 bridgehead atoms. The maximum atomic E-state index is 11.8. The van der Waals surface area contributed by atoms with Gasteiger partial charge in [0.25, 0.3) is 0 Å². The van der Waals surface area contributed by atoms with Crippen LogP contribution in [0.4, 0.5) is 0 Å². The molecule has 0 aliphatic carbocycles. The lowest BCUT2D eigenvalue weighted by molar-refractivity contribution is -0.139. The third-order valence-corrected chi connectivity index (χ3v) is 5.05. The van der Waals surface area contributed by atoms with Crippen LogP contribution in [0.25, 0.3) is 0 Å². The molecule has 8 heteroatoms. The van der Waals surface area contributed by atoms with Gasteiger partial charge in [-0.15, -0.1) is 22.7 Å². The van der Waals surface area contributed by atoms with Gasteiger partial charge in [-0.1, -0.05) is 17.7 Å². The molecule has 1 atom stereocenters. The van der Waals surface area contributed by atoms with E-state index in [1.807, 2.05) is 23.6 Å². The van der Waals surface area contributed by atoms with E-state index in [4.69, 9.17) is 16.3 Å². The minimum atomic E-state index is -0.679. The van der Waals surface area contributed by atoms with Crippen molar-refractivity contribution >= 4 is 46.1 Å². The van der Waals surface area contributed by atoms with Crippen LogP contribution in [0.1, 0.15) is 15.9 Å². The van der Waals surface area contributed by atoms with E-state index >= 15 is 0 Å². The summed E-state index contributed by atoms with van der Waals surface area (Å²) in [5, 5.41) is 7.05. The van der Waals surface area contributed by atoms with Gasteiger partial charge in [0, 0.05) is 23.4 Å². The minimum Gasteiger partial charge on any atom is -0.374 e. The van der Waals surface area contributed by atoms with Crippen LogP contribution in [0.3, 0.4) is 0 Å². The third-order valence-electron chi connectivity index (χ3n) is 2.85. The molecule has 2 amide bonds. The number of halogens is 1. The average Bonchev–Trinajstić information content (AvgIpc) is 3.17. The summed E-state index contributed by atoms with van der Waals surface area (Å²) in [5.41, 5.74) is 0. The van der Waals surface area contributed by atoms with Crippen LogP contribution in [0.5, 0.6) is 0 Å². The largest absolute Gasteiger partial charge is 0.374 e. The lowest BCUT2D eigenvalue weighted by Crippen LogP contribution is -2.41. The predicted octanol–water partition coefficient (Wildman–Crippen LogP) is 2.58. The summed E-state index contributed by atoms with van der Waals surface area (Å²) < 4.78 is 5.96. The van der Waals surface area contributed by atoms with Gasteiger partial charge in [0.2, 0.25) is 0 Å². The number of thiophene rings is 2. The van der Waals surface area contributed by atoms with Crippen LogP contribution >= 0.6 is 34.3 Å². The fourth-order valence-electron chi connectivity index (χ4n) is 1.73. The van der Waals surface area contributed by atoms with Crippen LogP contribution < -0.4 is 10.6 Å². The number of hydrogen-bond donors (Lipinski definition) is 2. The summed E-state index contributed by atoms with van der Waals surface area (Å²) in [6.45, 7) is 0.552. The van der Waals surface area contributed by atoms with Gasteiger partial charge in [0.15, 0.2) is 0 Å². The highest BCUT2D eigenvalue weighted by atomic mass is 35.5. The van der Waals surface area contributed by atoms with Gasteiger partial charge in [-0.3, -0.25) is 9.59 Å². The van der Waals surface area contributed by atoms with Crippen molar-refractivity contribution in [2.45, 2.75) is 12.6 Å². The second-order valence-corrected chi connectivity index (χ2v) is 7.12. The molecular weight excluding hydrogens is 344 g/mol. The molecule has 0 radical (unpaired) electrons. The molecule has 2 aromatic heterocycles.